The Morgan fingerprint density at radius 1 is 1.00 bits per heavy atom. The molecule has 4 aromatic rings. The fraction of sp³-hybridized carbons (Fsp3) is 0.231. The SMILES string of the molecule is Cc1cccc2c(CC(=O)N(Cc3ccncc3)C(C)C)c(-c3ccccc3)[nH]c12. The predicted molar refractivity (Wildman–Crippen MR) is 122 cm³/mol. The van der Waals surface area contributed by atoms with Crippen LogP contribution in [-0.4, -0.2) is 26.8 Å². The van der Waals surface area contributed by atoms with Crippen LogP contribution in [0.3, 0.4) is 0 Å². The monoisotopic (exact) mass is 397 g/mol. The number of rotatable bonds is 6. The van der Waals surface area contributed by atoms with E-state index in [0.29, 0.717) is 13.0 Å². The van der Waals surface area contributed by atoms with Crippen molar-refractivity contribution in [2.24, 2.45) is 0 Å². The number of carbonyl (C=O) groups is 1. The molecular weight excluding hydrogens is 370 g/mol. The lowest BCUT2D eigenvalue weighted by Crippen LogP contribution is -2.37. The van der Waals surface area contributed by atoms with E-state index in [0.717, 1.165) is 33.3 Å². The molecule has 0 atom stereocenters. The highest BCUT2D eigenvalue weighted by Crippen LogP contribution is 2.32. The van der Waals surface area contributed by atoms with Crippen molar-refractivity contribution in [2.75, 3.05) is 0 Å². The Morgan fingerprint density at radius 2 is 1.73 bits per heavy atom. The Balaban J connectivity index is 1.73. The van der Waals surface area contributed by atoms with Gasteiger partial charge in [0.2, 0.25) is 5.91 Å². The summed E-state index contributed by atoms with van der Waals surface area (Å²) in [7, 11) is 0. The smallest absolute Gasteiger partial charge is 0.227 e. The van der Waals surface area contributed by atoms with Crippen LogP contribution < -0.4 is 0 Å². The van der Waals surface area contributed by atoms with Gasteiger partial charge < -0.3 is 9.88 Å². The number of H-pyrrole nitrogens is 1. The minimum Gasteiger partial charge on any atom is -0.354 e. The Morgan fingerprint density at radius 3 is 2.43 bits per heavy atom. The molecule has 0 unspecified atom stereocenters. The quantitative estimate of drug-likeness (QED) is 0.466. The number of aromatic nitrogens is 2. The van der Waals surface area contributed by atoms with E-state index < -0.39 is 0 Å². The maximum atomic E-state index is 13.5. The normalized spacial score (nSPS) is 11.2. The Kier molecular flexibility index (Phi) is 5.66. The van der Waals surface area contributed by atoms with Crippen molar-refractivity contribution in [2.45, 2.75) is 39.8 Å². The summed E-state index contributed by atoms with van der Waals surface area (Å²) in [6, 6.07) is 20.6. The van der Waals surface area contributed by atoms with Crippen molar-refractivity contribution in [3.05, 3.63) is 89.7 Å². The van der Waals surface area contributed by atoms with Crippen LogP contribution >= 0.6 is 0 Å². The Hall–Kier alpha value is -3.40. The average molecular weight is 398 g/mol. The van der Waals surface area contributed by atoms with Gasteiger partial charge >= 0.3 is 0 Å². The molecular formula is C26H27N3O. The van der Waals surface area contributed by atoms with Gasteiger partial charge in [0, 0.05) is 35.9 Å². The standard InChI is InChI=1S/C26H27N3O/c1-18(2)29(17-20-12-14-27-15-13-20)24(30)16-23-22-11-7-8-19(3)25(22)28-26(23)21-9-5-4-6-10-21/h4-15,18,28H,16-17H2,1-3H3. The number of pyridine rings is 1. The van der Waals surface area contributed by atoms with Gasteiger partial charge in [-0.25, -0.2) is 0 Å². The fourth-order valence-electron chi connectivity index (χ4n) is 3.95. The van der Waals surface area contributed by atoms with Crippen LogP contribution in [0, 0.1) is 6.92 Å². The van der Waals surface area contributed by atoms with Crippen molar-refractivity contribution < 1.29 is 4.79 Å². The van der Waals surface area contributed by atoms with Crippen LogP contribution in [0.5, 0.6) is 0 Å². The molecule has 0 bridgehead atoms. The maximum absolute atomic E-state index is 13.5. The molecule has 1 N–H and O–H groups in total. The number of hydrogen-bond donors (Lipinski definition) is 1. The minimum atomic E-state index is 0.109. The number of fused-ring (bicyclic) bond motifs is 1. The summed E-state index contributed by atoms with van der Waals surface area (Å²) in [5.41, 5.74) is 6.56. The maximum Gasteiger partial charge on any atom is 0.227 e. The van der Waals surface area contributed by atoms with E-state index in [4.69, 9.17) is 0 Å². The highest BCUT2D eigenvalue weighted by Gasteiger charge is 2.22. The molecule has 0 saturated carbocycles. The predicted octanol–water partition coefficient (Wildman–Crippen LogP) is 5.52. The molecule has 0 saturated heterocycles. The highest BCUT2D eigenvalue weighted by molar-refractivity contribution is 5.96. The molecule has 30 heavy (non-hydrogen) atoms. The first kappa shape index (κ1) is 19.9. The molecule has 0 radical (unpaired) electrons. The van der Waals surface area contributed by atoms with E-state index in [1.165, 1.54) is 5.56 Å². The second kappa shape index (κ2) is 8.54. The van der Waals surface area contributed by atoms with Crippen molar-refractivity contribution in [3.8, 4) is 11.3 Å². The first-order chi connectivity index (χ1) is 14.5. The molecule has 1 amide bonds. The number of nitrogens with one attached hydrogen (secondary N) is 1. The van der Waals surface area contributed by atoms with Crippen LogP contribution in [0.25, 0.3) is 22.2 Å². The van der Waals surface area contributed by atoms with Crippen molar-refractivity contribution in [1.82, 2.24) is 14.9 Å². The largest absolute Gasteiger partial charge is 0.354 e. The van der Waals surface area contributed by atoms with Crippen LogP contribution in [0.15, 0.2) is 73.1 Å². The zero-order chi connectivity index (χ0) is 21.1. The van der Waals surface area contributed by atoms with E-state index in [1.54, 1.807) is 12.4 Å². The van der Waals surface area contributed by atoms with Gasteiger partial charge in [-0.15, -0.1) is 0 Å². The molecule has 0 spiro atoms. The molecule has 2 aromatic heterocycles. The minimum absolute atomic E-state index is 0.109. The Labute approximate surface area is 177 Å². The number of aromatic amines is 1. The highest BCUT2D eigenvalue weighted by atomic mass is 16.2. The second-order valence-corrected chi connectivity index (χ2v) is 7.99. The van der Waals surface area contributed by atoms with Crippen LogP contribution in [0.4, 0.5) is 0 Å². The lowest BCUT2D eigenvalue weighted by Gasteiger charge is -2.27. The molecule has 0 fully saturated rings. The van der Waals surface area contributed by atoms with Gasteiger partial charge in [0.15, 0.2) is 0 Å². The molecule has 4 rings (SSSR count). The first-order valence-electron chi connectivity index (χ1n) is 10.4. The lowest BCUT2D eigenvalue weighted by atomic mass is 10.0. The number of para-hydroxylation sites is 1. The summed E-state index contributed by atoms with van der Waals surface area (Å²) in [5, 5.41) is 1.12. The van der Waals surface area contributed by atoms with E-state index in [-0.39, 0.29) is 11.9 Å². The summed E-state index contributed by atoms with van der Waals surface area (Å²) < 4.78 is 0. The van der Waals surface area contributed by atoms with Gasteiger partial charge in [0.05, 0.1) is 12.1 Å². The van der Waals surface area contributed by atoms with Gasteiger partial charge in [0.25, 0.3) is 0 Å². The topological polar surface area (TPSA) is 49.0 Å². The van der Waals surface area contributed by atoms with Gasteiger partial charge in [-0.1, -0.05) is 48.5 Å². The van der Waals surface area contributed by atoms with Crippen molar-refractivity contribution >= 4 is 16.8 Å². The van der Waals surface area contributed by atoms with E-state index in [1.807, 2.05) is 35.2 Å². The molecule has 0 aliphatic heterocycles. The van der Waals surface area contributed by atoms with Gasteiger partial charge in [-0.05, 0) is 55.2 Å². The second-order valence-electron chi connectivity index (χ2n) is 7.99. The van der Waals surface area contributed by atoms with Gasteiger partial charge in [-0.3, -0.25) is 9.78 Å². The van der Waals surface area contributed by atoms with Crippen molar-refractivity contribution in [3.63, 3.8) is 0 Å². The zero-order valence-corrected chi connectivity index (χ0v) is 17.7. The molecule has 2 heterocycles. The number of carbonyl (C=O) groups excluding carboxylic acids is 1. The number of amides is 1. The third-order valence-corrected chi connectivity index (χ3v) is 5.59. The molecule has 4 nitrogen and oxygen atoms in total. The average Bonchev–Trinajstić information content (AvgIpc) is 3.13. The van der Waals surface area contributed by atoms with Crippen LogP contribution in [-0.2, 0) is 17.8 Å². The molecule has 2 aromatic carbocycles. The Bertz CT molecular complexity index is 1150. The molecule has 0 aliphatic carbocycles. The molecule has 4 heteroatoms. The summed E-state index contributed by atoms with van der Waals surface area (Å²) >= 11 is 0. The lowest BCUT2D eigenvalue weighted by molar-refractivity contribution is -0.132. The number of benzene rings is 2. The number of hydrogen-bond acceptors (Lipinski definition) is 2. The summed E-state index contributed by atoms with van der Waals surface area (Å²) in [5.74, 6) is 0.126. The summed E-state index contributed by atoms with van der Waals surface area (Å²) in [6.45, 7) is 6.82. The van der Waals surface area contributed by atoms with Gasteiger partial charge in [-0.2, -0.15) is 0 Å². The third-order valence-electron chi connectivity index (χ3n) is 5.59. The zero-order valence-electron chi connectivity index (χ0n) is 17.7. The fourth-order valence-corrected chi connectivity index (χ4v) is 3.95. The van der Waals surface area contributed by atoms with Crippen LogP contribution in [0.1, 0.15) is 30.5 Å². The number of aryl methyl sites for hydroxylation is 1. The van der Waals surface area contributed by atoms with E-state index in [9.17, 15) is 4.79 Å². The van der Waals surface area contributed by atoms with Crippen LogP contribution in [0.2, 0.25) is 0 Å². The summed E-state index contributed by atoms with van der Waals surface area (Å²) in [4.78, 5) is 23.1. The first-order valence-corrected chi connectivity index (χ1v) is 10.4. The molecule has 152 valence electrons. The van der Waals surface area contributed by atoms with Gasteiger partial charge in [0.1, 0.15) is 0 Å². The third kappa shape index (κ3) is 3.99. The van der Waals surface area contributed by atoms with E-state index >= 15 is 0 Å². The summed E-state index contributed by atoms with van der Waals surface area (Å²) in [6.07, 6.45) is 3.90. The van der Waals surface area contributed by atoms with E-state index in [2.05, 4.69) is 61.1 Å². The molecule has 0 aliphatic rings. The number of nitrogens with zero attached hydrogens (tertiary/aromatic N) is 2. The van der Waals surface area contributed by atoms with Crippen molar-refractivity contribution in [1.29, 1.82) is 0 Å².